The number of hydrogen-bond donors (Lipinski definition) is 6. The highest BCUT2D eigenvalue weighted by molar-refractivity contribution is 5.90. The molecule has 0 radical (unpaired) electrons. The first-order valence-corrected chi connectivity index (χ1v) is 14.8. The lowest BCUT2D eigenvalue weighted by atomic mass is 9.49. The number of nitrogens with zero attached hydrogens (tertiary/aromatic N) is 4. The van der Waals surface area contributed by atoms with Gasteiger partial charge in [-0.3, -0.25) is 9.59 Å². The van der Waals surface area contributed by atoms with E-state index in [0.717, 1.165) is 42.8 Å². The number of benzene rings is 1. The molecule has 3 aromatic rings. The van der Waals surface area contributed by atoms with Gasteiger partial charge in [0.2, 0.25) is 11.8 Å². The average Bonchev–Trinajstić information content (AvgIpc) is 3.64. The average molecular weight is 562 g/mol. The van der Waals surface area contributed by atoms with Crippen LogP contribution < -0.4 is 16.0 Å². The van der Waals surface area contributed by atoms with Crippen LogP contribution in [0.4, 0.5) is 5.95 Å². The van der Waals surface area contributed by atoms with E-state index in [9.17, 15) is 14.7 Å². The Kier molecular flexibility index (Phi) is 7.63. The Balaban J connectivity index is 1.20. The molecule has 41 heavy (non-hydrogen) atoms. The number of aromatic nitrogens is 6. The molecule has 4 aliphatic rings. The first-order chi connectivity index (χ1) is 19.9. The van der Waals surface area contributed by atoms with E-state index in [1.807, 2.05) is 13.1 Å². The predicted octanol–water partition coefficient (Wildman–Crippen LogP) is 2.27. The summed E-state index contributed by atoms with van der Waals surface area (Å²) in [7, 11) is 0. The number of rotatable bonds is 12. The highest BCUT2D eigenvalue weighted by atomic mass is 16.3. The van der Waals surface area contributed by atoms with Gasteiger partial charge in [-0.2, -0.15) is 5.21 Å². The van der Waals surface area contributed by atoms with Crippen LogP contribution in [0, 0.1) is 23.2 Å². The molecular formula is C29H39N9O3. The number of tetrazole rings is 1. The largest absolute Gasteiger partial charge is 0.508 e. The first kappa shape index (κ1) is 27.2. The minimum Gasteiger partial charge on any atom is -0.508 e. The van der Waals surface area contributed by atoms with Gasteiger partial charge in [-0.15, -0.1) is 5.10 Å². The van der Waals surface area contributed by atoms with Gasteiger partial charge < -0.3 is 26.0 Å². The van der Waals surface area contributed by atoms with Gasteiger partial charge in [0, 0.05) is 37.4 Å². The summed E-state index contributed by atoms with van der Waals surface area (Å²) >= 11 is 0. The Bertz CT molecular complexity index is 1300. The zero-order valence-corrected chi connectivity index (χ0v) is 23.4. The van der Waals surface area contributed by atoms with Gasteiger partial charge in [0.05, 0.1) is 11.7 Å². The van der Waals surface area contributed by atoms with Crippen molar-refractivity contribution in [2.75, 3.05) is 11.9 Å². The van der Waals surface area contributed by atoms with E-state index in [1.54, 1.807) is 24.3 Å². The van der Waals surface area contributed by atoms with Crippen LogP contribution in [0.2, 0.25) is 0 Å². The minimum atomic E-state index is -0.766. The van der Waals surface area contributed by atoms with Crippen molar-refractivity contribution in [3.63, 3.8) is 0 Å². The number of nitrogens with one attached hydrogen (secondary N) is 5. The number of aromatic hydroxyl groups is 1. The van der Waals surface area contributed by atoms with Crippen molar-refractivity contribution < 1.29 is 14.7 Å². The summed E-state index contributed by atoms with van der Waals surface area (Å²) in [6.07, 6.45) is 9.93. The zero-order valence-electron chi connectivity index (χ0n) is 23.4. The second-order valence-electron chi connectivity index (χ2n) is 12.3. The van der Waals surface area contributed by atoms with E-state index in [0.29, 0.717) is 43.1 Å². The summed E-state index contributed by atoms with van der Waals surface area (Å²) in [5, 5.41) is 33.1. The Labute approximate surface area is 238 Å². The maximum absolute atomic E-state index is 14.0. The normalized spacial score (nSPS) is 25.9. The molecule has 12 nitrogen and oxygen atoms in total. The lowest BCUT2D eigenvalue weighted by Gasteiger charge is -2.55. The number of carbonyl (C=O) groups is 2. The summed E-state index contributed by atoms with van der Waals surface area (Å²) in [4.78, 5) is 35.7. The van der Waals surface area contributed by atoms with E-state index in [4.69, 9.17) is 0 Å². The van der Waals surface area contributed by atoms with Crippen molar-refractivity contribution in [2.45, 2.75) is 76.8 Å². The molecule has 218 valence electrons. The molecule has 2 aromatic heterocycles. The number of hydrogen-bond acceptors (Lipinski definition) is 8. The van der Waals surface area contributed by atoms with Crippen LogP contribution in [-0.2, 0) is 28.9 Å². The standard InChI is InChI=1S/C29H39N9O3/c1-2-25-30-15-21(32-25)11-22(16-31-28-35-37-38-36-28)33-26(40)24(10-17-3-5-23(39)6-4-17)34-27(41)29-12-18-7-19(13-29)9-20(8-18)14-29/h3-6,15,18-20,22,24,39H,2,7-14,16H2,1H3,(H,30,32)(H,33,40)(H,34,41)(H2,31,35,36,37,38)/t18?,19?,20?,22-,24-,29?/m0/s1. The highest BCUT2D eigenvalue weighted by Crippen LogP contribution is 2.60. The number of amides is 2. The number of phenols is 1. The number of aryl methyl sites for hydroxylation is 1. The summed E-state index contributed by atoms with van der Waals surface area (Å²) in [6.45, 7) is 2.37. The Morgan fingerprint density at radius 1 is 1.05 bits per heavy atom. The van der Waals surface area contributed by atoms with Crippen LogP contribution >= 0.6 is 0 Å². The van der Waals surface area contributed by atoms with Gasteiger partial charge in [-0.05, 0) is 79.2 Å². The molecule has 4 saturated carbocycles. The third-order valence-electron chi connectivity index (χ3n) is 9.19. The lowest BCUT2D eigenvalue weighted by molar-refractivity contribution is -0.148. The molecule has 7 rings (SSSR count). The first-order valence-electron chi connectivity index (χ1n) is 14.8. The Morgan fingerprint density at radius 3 is 2.37 bits per heavy atom. The molecule has 2 atom stereocenters. The molecule has 0 saturated heterocycles. The van der Waals surface area contributed by atoms with Crippen LogP contribution in [0.5, 0.6) is 5.75 Å². The smallest absolute Gasteiger partial charge is 0.263 e. The van der Waals surface area contributed by atoms with Gasteiger partial charge >= 0.3 is 0 Å². The van der Waals surface area contributed by atoms with Crippen molar-refractivity contribution in [3.05, 3.63) is 47.5 Å². The third kappa shape index (κ3) is 6.20. The Morgan fingerprint density at radius 2 is 1.76 bits per heavy atom. The van der Waals surface area contributed by atoms with Gasteiger partial charge in [0.15, 0.2) is 0 Å². The summed E-state index contributed by atoms with van der Waals surface area (Å²) in [5.41, 5.74) is 1.32. The fraction of sp³-hybridized carbons (Fsp3) is 0.586. The van der Waals surface area contributed by atoms with Crippen LogP contribution in [0.1, 0.15) is 62.5 Å². The molecule has 0 unspecified atom stereocenters. The van der Waals surface area contributed by atoms with Crippen LogP contribution in [0.15, 0.2) is 30.5 Å². The topological polar surface area (TPSA) is 174 Å². The maximum atomic E-state index is 14.0. The SMILES string of the molecule is CCc1nc(C[C@@H](CNc2nn[nH]n2)NC(=O)[C@H](Cc2ccc(O)cc2)NC(=O)C23CC4CC(CC(C4)C2)C3)c[nH]1. The molecule has 4 fully saturated rings. The monoisotopic (exact) mass is 561 g/mol. The number of aromatic amines is 2. The fourth-order valence-electron chi connectivity index (χ4n) is 7.65. The van der Waals surface area contributed by atoms with E-state index in [2.05, 4.69) is 46.5 Å². The van der Waals surface area contributed by atoms with E-state index < -0.39 is 6.04 Å². The van der Waals surface area contributed by atoms with E-state index in [-0.39, 0.29) is 29.0 Å². The third-order valence-corrected chi connectivity index (χ3v) is 9.19. The van der Waals surface area contributed by atoms with Gasteiger partial charge in [0.25, 0.3) is 5.95 Å². The Hall–Kier alpha value is -3.96. The summed E-state index contributed by atoms with van der Waals surface area (Å²) in [5.74, 6) is 2.99. The molecule has 2 amide bonds. The number of anilines is 1. The predicted molar refractivity (Wildman–Crippen MR) is 151 cm³/mol. The molecule has 0 aliphatic heterocycles. The van der Waals surface area contributed by atoms with Gasteiger partial charge in [0.1, 0.15) is 17.6 Å². The van der Waals surface area contributed by atoms with Crippen molar-refractivity contribution in [2.24, 2.45) is 23.2 Å². The van der Waals surface area contributed by atoms with Crippen LogP contribution in [-0.4, -0.2) is 66.1 Å². The molecule has 1 aromatic carbocycles. The molecular weight excluding hydrogens is 522 g/mol. The number of phenolic OH excluding ortho intramolecular Hbond substituents is 1. The molecule has 0 spiro atoms. The van der Waals surface area contributed by atoms with Crippen LogP contribution in [0.3, 0.4) is 0 Å². The number of imidazole rings is 1. The lowest BCUT2D eigenvalue weighted by Crippen LogP contribution is -2.58. The molecule has 12 heteroatoms. The summed E-state index contributed by atoms with van der Waals surface area (Å²) < 4.78 is 0. The van der Waals surface area contributed by atoms with Crippen molar-refractivity contribution in [3.8, 4) is 5.75 Å². The molecule has 4 bridgehead atoms. The maximum Gasteiger partial charge on any atom is 0.263 e. The molecule has 2 heterocycles. The minimum absolute atomic E-state index is 0.0110. The second-order valence-corrected chi connectivity index (χ2v) is 12.3. The van der Waals surface area contributed by atoms with Crippen molar-refractivity contribution in [1.82, 2.24) is 41.2 Å². The van der Waals surface area contributed by atoms with Crippen molar-refractivity contribution >= 4 is 17.8 Å². The van der Waals surface area contributed by atoms with Crippen LogP contribution in [0.25, 0.3) is 0 Å². The van der Waals surface area contributed by atoms with Crippen molar-refractivity contribution in [1.29, 1.82) is 0 Å². The number of H-pyrrole nitrogens is 2. The van der Waals surface area contributed by atoms with E-state index >= 15 is 0 Å². The zero-order chi connectivity index (χ0) is 28.4. The number of carbonyl (C=O) groups excluding carboxylic acids is 2. The molecule has 6 N–H and O–H groups in total. The van der Waals surface area contributed by atoms with E-state index in [1.165, 1.54) is 19.3 Å². The highest BCUT2D eigenvalue weighted by Gasteiger charge is 2.55. The second kappa shape index (κ2) is 11.5. The van der Waals surface area contributed by atoms with Gasteiger partial charge in [-0.1, -0.05) is 24.2 Å². The summed E-state index contributed by atoms with van der Waals surface area (Å²) in [6, 6.07) is 5.67. The fourth-order valence-corrected chi connectivity index (χ4v) is 7.65. The molecule has 4 aliphatic carbocycles. The van der Waals surface area contributed by atoms with Gasteiger partial charge in [-0.25, -0.2) is 4.98 Å². The quantitative estimate of drug-likeness (QED) is 0.195.